The molecule has 1 saturated heterocycles. The summed E-state index contributed by atoms with van der Waals surface area (Å²) in [7, 11) is -2.86. The fourth-order valence-corrected chi connectivity index (χ4v) is 5.03. The molecule has 5 nitrogen and oxygen atoms in total. The number of hydrogen-bond acceptors (Lipinski definition) is 5. The zero-order chi connectivity index (χ0) is 14.0. The molecule has 1 N–H and O–H groups in total. The molecule has 2 heterocycles. The van der Waals surface area contributed by atoms with Crippen LogP contribution in [0.1, 0.15) is 22.0 Å². The van der Waals surface area contributed by atoms with Gasteiger partial charge in [-0.05, 0) is 26.2 Å². The van der Waals surface area contributed by atoms with Crippen molar-refractivity contribution in [2.24, 2.45) is 5.92 Å². The number of aromatic nitrogens is 1. The second kappa shape index (κ2) is 5.58. The molecule has 0 spiro atoms. The van der Waals surface area contributed by atoms with Crippen molar-refractivity contribution >= 4 is 27.1 Å². The molecule has 0 aliphatic carbocycles. The van der Waals surface area contributed by atoms with E-state index in [1.807, 2.05) is 13.8 Å². The Morgan fingerprint density at radius 2 is 2.21 bits per heavy atom. The maximum atomic E-state index is 11.8. The molecular weight excluding hydrogens is 284 g/mol. The molecule has 1 fully saturated rings. The van der Waals surface area contributed by atoms with Crippen LogP contribution >= 0.6 is 11.3 Å². The Morgan fingerprint density at radius 3 is 2.74 bits per heavy atom. The summed E-state index contributed by atoms with van der Waals surface area (Å²) < 4.78 is 22.6. The normalized spacial score (nSPS) is 21.5. The van der Waals surface area contributed by atoms with Gasteiger partial charge >= 0.3 is 0 Å². The van der Waals surface area contributed by atoms with Crippen molar-refractivity contribution in [2.75, 3.05) is 18.1 Å². The van der Waals surface area contributed by atoms with Crippen molar-refractivity contribution in [3.8, 4) is 0 Å². The highest BCUT2D eigenvalue weighted by Crippen LogP contribution is 2.19. The SMILES string of the molecule is Cc1nc(C)c(CC(=O)NCC2CCS(=O)(=O)C2)s1. The van der Waals surface area contributed by atoms with Crippen LogP contribution in [0.25, 0.3) is 0 Å². The molecule has 1 aliphatic heterocycles. The van der Waals surface area contributed by atoms with Crippen molar-refractivity contribution in [3.63, 3.8) is 0 Å². The van der Waals surface area contributed by atoms with Gasteiger partial charge in [0.05, 0.1) is 28.6 Å². The molecule has 7 heteroatoms. The number of amides is 1. The van der Waals surface area contributed by atoms with E-state index in [1.54, 1.807) is 0 Å². The number of thiazole rings is 1. The van der Waals surface area contributed by atoms with Gasteiger partial charge in [0.15, 0.2) is 9.84 Å². The Hall–Kier alpha value is -0.950. The minimum Gasteiger partial charge on any atom is -0.355 e. The van der Waals surface area contributed by atoms with Crippen LogP contribution in [-0.4, -0.2) is 37.4 Å². The van der Waals surface area contributed by atoms with E-state index in [4.69, 9.17) is 0 Å². The molecule has 2 rings (SSSR count). The summed E-state index contributed by atoms with van der Waals surface area (Å²) in [4.78, 5) is 17.1. The largest absolute Gasteiger partial charge is 0.355 e. The lowest BCUT2D eigenvalue weighted by Crippen LogP contribution is -2.30. The second-order valence-electron chi connectivity index (χ2n) is 4.99. The van der Waals surface area contributed by atoms with Gasteiger partial charge in [-0.15, -0.1) is 11.3 Å². The number of rotatable bonds is 4. The van der Waals surface area contributed by atoms with Crippen LogP contribution in [0.15, 0.2) is 0 Å². The van der Waals surface area contributed by atoms with Gasteiger partial charge < -0.3 is 5.32 Å². The smallest absolute Gasteiger partial charge is 0.225 e. The molecule has 19 heavy (non-hydrogen) atoms. The number of sulfone groups is 1. The summed E-state index contributed by atoms with van der Waals surface area (Å²) in [6.45, 7) is 4.27. The first-order valence-electron chi connectivity index (χ1n) is 6.26. The number of nitrogens with zero attached hydrogens (tertiary/aromatic N) is 1. The van der Waals surface area contributed by atoms with Gasteiger partial charge in [0.25, 0.3) is 0 Å². The Morgan fingerprint density at radius 1 is 1.47 bits per heavy atom. The van der Waals surface area contributed by atoms with Crippen LogP contribution in [0.3, 0.4) is 0 Å². The van der Waals surface area contributed by atoms with E-state index in [0.717, 1.165) is 15.6 Å². The van der Waals surface area contributed by atoms with E-state index >= 15 is 0 Å². The van der Waals surface area contributed by atoms with Crippen LogP contribution in [0.5, 0.6) is 0 Å². The quantitative estimate of drug-likeness (QED) is 0.895. The van der Waals surface area contributed by atoms with Crippen LogP contribution in [-0.2, 0) is 21.1 Å². The van der Waals surface area contributed by atoms with E-state index < -0.39 is 9.84 Å². The second-order valence-corrected chi connectivity index (χ2v) is 8.51. The molecule has 1 aliphatic rings. The minimum absolute atomic E-state index is 0.0592. The van der Waals surface area contributed by atoms with Gasteiger partial charge in [-0.25, -0.2) is 13.4 Å². The van der Waals surface area contributed by atoms with Crippen molar-refractivity contribution in [3.05, 3.63) is 15.6 Å². The van der Waals surface area contributed by atoms with E-state index in [9.17, 15) is 13.2 Å². The van der Waals surface area contributed by atoms with Gasteiger partial charge in [0.1, 0.15) is 0 Å². The van der Waals surface area contributed by atoms with Crippen LogP contribution < -0.4 is 5.32 Å². The molecule has 0 aromatic carbocycles. The lowest BCUT2D eigenvalue weighted by atomic mass is 10.1. The zero-order valence-electron chi connectivity index (χ0n) is 11.1. The maximum absolute atomic E-state index is 11.8. The third kappa shape index (κ3) is 4.01. The Balaban J connectivity index is 1.81. The molecule has 1 aromatic rings. The van der Waals surface area contributed by atoms with Gasteiger partial charge in [-0.2, -0.15) is 0 Å². The summed E-state index contributed by atoms with van der Waals surface area (Å²) in [6.07, 6.45) is 0.984. The van der Waals surface area contributed by atoms with Crippen molar-refractivity contribution in [2.45, 2.75) is 26.7 Å². The number of hydrogen-bond donors (Lipinski definition) is 1. The van der Waals surface area contributed by atoms with Crippen LogP contribution in [0, 0.1) is 19.8 Å². The van der Waals surface area contributed by atoms with Crippen molar-refractivity contribution < 1.29 is 13.2 Å². The lowest BCUT2D eigenvalue weighted by molar-refractivity contribution is -0.120. The Kier molecular flexibility index (Phi) is 4.25. The molecule has 106 valence electrons. The van der Waals surface area contributed by atoms with Gasteiger partial charge in [0.2, 0.25) is 5.91 Å². The molecule has 1 amide bonds. The Labute approximate surface area is 117 Å². The molecular formula is C12H18N2O3S2. The van der Waals surface area contributed by atoms with Crippen LogP contribution in [0.2, 0.25) is 0 Å². The number of carbonyl (C=O) groups is 1. The first-order chi connectivity index (χ1) is 8.85. The third-order valence-corrected chi connectivity index (χ3v) is 6.15. The van der Waals surface area contributed by atoms with Crippen molar-refractivity contribution in [1.82, 2.24) is 10.3 Å². The van der Waals surface area contributed by atoms with Crippen molar-refractivity contribution in [1.29, 1.82) is 0 Å². The molecule has 0 saturated carbocycles. The molecule has 0 radical (unpaired) electrons. The predicted molar refractivity (Wildman–Crippen MR) is 75.1 cm³/mol. The minimum atomic E-state index is -2.86. The topological polar surface area (TPSA) is 76.1 Å². The molecule has 1 atom stereocenters. The van der Waals surface area contributed by atoms with E-state index in [2.05, 4.69) is 10.3 Å². The highest BCUT2D eigenvalue weighted by atomic mass is 32.2. The van der Waals surface area contributed by atoms with E-state index in [1.165, 1.54) is 11.3 Å². The molecule has 0 bridgehead atoms. The predicted octanol–water partition coefficient (Wildman–Crippen LogP) is 0.853. The first-order valence-corrected chi connectivity index (χ1v) is 8.89. The van der Waals surface area contributed by atoms with Gasteiger partial charge in [-0.1, -0.05) is 0 Å². The maximum Gasteiger partial charge on any atom is 0.225 e. The number of aryl methyl sites for hydroxylation is 2. The first kappa shape index (κ1) is 14.5. The van der Waals surface area contributed by atoms with E-state index in [0.29, 0.717) is 19.4 Å². The average Bonchev–Trinajstić information content (AvgIpc) is 2.79. The van der Waals surface area contributed by atoms with Gasteiger partial charge in [-0.3, -0.25) is 4.79 Å². The van der Waals surface area contributed by atoms with E-state index in [-0.39, 0.29) is 23.3 Å². The monoisotopic (exact) mass is 302 g/mol. The summed E-state index contributed by atoms with van der Waals surface area (Å²) >= 11 is 1.53. The Bertz CT molecular complexity index is 578. The zero-order valence-corrected chi connectivity index (χ0v) is 12.7. The highest BCUT2D eigenvalue weighted by molar-refractivity contribution is 7.91. The summed E-state index contributed by atoms with van der Waals surface area (Å²) in [5, 5.41) is 3.78. The third-order valence-electron chi connectivity index (χ3n) is 3.24. The summed E-state index contributed by atoms with van der Waals surface area (Å²) in [6, 6.07) is 0. The van der Waals surface area contributed by atoms with Crippen LogP contribution in [0.4, 0.5) is 0 Å². The number of nitrogens with one attached hydrogen (secondary N) is 1. The molecule has 1 unspecified atom stereocenters. The number of carbonyl (C=O) groups excluding carboxylic acids is 1. The standard InChI is InChI=1S/C12H18N2O3S2/c1-8-11(18-9(2)14-8)5-12(15)13-6-10-3-4-19(16,17)7-10/h10H,3-7H2,1-2H3,(H,13,15). The summed E-state index contributed by atoms with van der Waals surface area (Å²) in [5.74, 6) is 0.460. The molecule has 1 aromatic heterocycles. The highest BCUT2D eigenvalue weighted by Gasteiger charge is 2.27. The fraction of sp³-hybridized carbons (Fsp3) is 0.667. The fourth-order valence-electron chi connectivity index (χ4n) is 2.24. The van der Waals surface area contributed by atoms with Gasteiger partial charge in [0, 0.05) is 11.4 Å². The lowest BCUT2D eigenvalue weighted by Gasteiger charge is -2.09. The average molecular weight is 302 g/mol. The summed E-state index contributed by atoms with van der Waals surface area (Å²) in [5.41, 5.74) is 0.904.